The van der Waals surface area contributed by atoms with Crippen molar-refractivity contribution in [2.75, 3.05) is 18.0 Å². The first-order valence-electron chi connectivity index (χ1n) is 6.68. The minimum absolute atomic E-state index is 0.0996. The highest BCUT2D eigenvalue weighted by Gasteiger charge is 2.35. The predicted molar refractivity (Wildman–Crippen MR) is 72.2 cm³/mol. The number of hydrogen-bond acceptors (Lipinski definition) is 5. The molecule has 5 heteroatoms. The van der Waals surface area contributed by atoms with E-state index in [-0.39, 0.29) is 6.61 Å². The van der Waals surface area contributed by atoms with Crippen molar-refractivity contribution in [1.29, 1.82) is 0 Å². The van der Waals surface area contributed by atoms with Crippen LogP contribution in [-0.2, 0) is 11.3 Å². The third kappa shape index (κ3) is 2.15. The highest BCUT2D eigenvalue weighted by Crippen LogP contribution is 2.35. The van der Waals surface area contributed by atoms with Crippen LogP contribution in [0.15, 0.2) is 0 Å². The van der Waals surface area contributed by atoms with Gasteiger partial charge in [-0.25, -0.2) is 4.98 Å². The number of ether oxygens (including phenoxy) is 1. The van der Waals surface area contributed by atoms with Gasteiger partial charge in [0.2, 0.25) is 0 Å². The first-order valence-corrected chi connectivity index (χ1v) is 7.50. The summed E-state index contributed by atoms with van der Waals surface area (Å²) in [5, 5.41) is 10.5. The lowest BCUT2D eigenvalue weighted by Crippen LogP contribution is -2.42. The minimum atomic E-state index is 0.0996. The molecule has 1 aromatic rings. The summed E-state index contributed by atoms with van der Waals surface area (Å²) in [5.74, 6) is 0.370. The lowest BCUT2D eigenvalue weighted by Gasteiger charge is -2.31. The van der Waals surface area contributed by atoms with Gasteiger partial charge in [0.15, 0.2) is 5.13 Å². The Morgan fingerprint density at radius 3 is 2.56 bits per heavy atom. The number of aromatic nitrogens is 1. The van der Waals surface area contributed by atoms with Crippen LogP contribution < -0.4 is 4.90 Å². The fourth-order valence-corrected chi connectivity index (χ4v) is 3.91. The number of morpholine rings is 1. The van der Waals surface area contributed by atoms with Crippen LogP contribution in [0.5, 0.6) is 0 Å². The molecule has 18 heavy (non-hydrogen) atoms. The predicted octanol–water partition coefficient (Wildman–Crippen LogP) is 2.13. The Bertz CT molecular complexity index is 421. The highest BCUT2D eigenvalue weighted by atomic mass is 32.1. The minimum Gasteiger partial charge on any atom is -0.391 e. The zero-order valence-electron chi connectivity index (χ0n) is 10.9. The molecule has 2 saturated heterocycles. The Hall–Kier alpha value is -0.650. The van der Waals surface area contributed by atoms with E-state index in [2.05, 4.69) is 18.7 Å². The molecule has 3 rings (SSSR count). The summed E-state index contributed by atoms with van der Waals surface area (Å²) in [6.45, 7) is 6.25. The summed E-state index contributed by atoms with van der Waals surface area (Å²) in [6.07, 6.45) is 3.12. The number of rotatable bonds is 3. The molecule has 0 aliphatic carbocycles. The van der Waals surface area contributed by atoms with Crippen LogP contribution in [0, 0.1) is 0 Å². The van der Waals surface area contributed by atoms with Gasteiger partial charge in [-0.05, 0) is 18.8 Å². The quantitative estimate of drug-likeness (QED) is 0.912. The molecule has 100 valence electrons. The molecule has 0 radical (unpaired) electrons. The van der Waals surface area contributed by atoms with Crippen molar-refractivity contribution in [1.82, 2.24) is 4.98 Å². The van der Waals surface area contributed by atoms with E-state index in [4.69, 9.17) is 9.72 Å². The maximum Gasteiger partial charge on any atom is 0.186 e. The third-order valence-corrected chi connectivity index (χ3v) is 4.84. The normalized spacial score (nSPS) is 27.2. The van der Waals surface area contributed by atoms with Crippen LogP contribution in [0.3, 0.4) is 0 Å². The van der Waals surface area contributed by atoms with Crippen LogP contribution in [0.4, 0.5) is 5.13 Å². The first-order chi connectivity index (χ1) is 8.67. The fraction of sp³-hybridized carbons (Fsp3) is 0.769. The highest BCUT2D eigenvalue weighted by molar-refractivity contribution is 7.15. The molecular formula is C13H20N2O2S. The van der Waals surface area contributed by atoms with Crippen molar-refractivity contribution >= 4 is 16.5 Å². The van der Waals surface area contributed by atoms with Gasteiger partial charge in [-0.2, -0.15) is 0 Å². The molecule has 0 amide bonds. The van der Waals surface area contributed by atoms with Gasteiger partial charge in [0.05, 0.1) is 29.4 Å². The van der Waals surface area contributed by atoms with Gasteiger partial charge in [-0.1, -0.05) is 25.2 Å². The number of fused-ring (bicyclic) bond motifs is 2. The number of anilines is 1. The average molecular weight is 268 g/mol. The molecule has 0 aromatic carbocycles. The van der Waals surface area contributed by atoms with Crippen LogP contribution in [0.25, 0.3) is 0 Å². The van der Waals surface area contributed by atoms with Crippen LogP contribution in [0.2, 0.25) is 0 Å². The monoisotopic (exact) mass is 268 g/mol. The zero-order chi connectivity index (χ0) is 12.7. The van der Waals surface area contributed by atoms with Gasteiger partial charge < -0.3 is 14.7 Å². The SMILES string of the molecule is CC(C)c1nc(N2CC3CCC(C2)O3)sc1CO. The van der Waals surface area contributed by atoms with E-state index in [1.165, 1.54) is 12.8 Å². The Morgan fingerprint density at radius 2 is 2.06 bits per heavy atom. The van der Waals surface area contributed by atoms with Crippen molar-refractivity contribution in [2.24, 2.45) is 0 Å². The number of aliphatic hydroxyl groups excluding tert-OH is 1. The Morgan fingerprint density at radius 1 is 1.39 bits per heavy atom. The molecule has 1 aromatic heterocycles. The summed E-state index contributed by atoms with van der Waals surface area (Å²) in [6, 6.07) is 0. The van der Waals surface area contributed by atoms with Crippen LogP contribution in [0.1, 0.15) is 43.2 Å². The topological polar surface area (TPSA) is 45.6 Å². The van der Waals surface area contributed by atoms with Crippen molar-refractivity contribution in [3.8, 4) is 0 Å². The van der Waals surface area contributed by atoms with Gasteiger partial charge >= 0.3 is 0 Å². The lowest BCUT2D eigenvalue weighted by atomic mass is 10.1. The van der Waals surface area contributed by atoms with Gasteiger partial charge in [0, 0.05) is 13.1 Å². The second-order valence-electron chi connectivity index (χ2n) is 5.48. The summed E-state index contributed by atoms with van der Waals surface area (Å²) < 4.78 is 5.85. The van der Waals surface area contributed by atoms with E-state index < -0.39 is 0 Å². The third-order valence-electron chi connectivity index (χ3n) is 3.72. The number of hydrogen-bond donors (Lipinski definition) is 1. The largest absolute Gasteiger partial charge is 0.391 e. The molecule has 0 saturated carbocycles. The maximum absolute atomic E-state index is 9.42. The van der Waals surface area contributed by atoms with Crippen molar-refractivity contribution < 1.29 is 9.84 Å². The standard InChI is InChI=1S/C13H20N2O2S/c1-8(2)12-11(7-16)18-13(14-12)15-5-9-3-4-10(6-15)17-9/h8-10,16H,3-7H2,1-2H3. The van der Waals surface area contributed by atoms with Crippen LogP contribution >= 0.6 is 11.3 Å². The second-order valence-corrected chi connectivity index (χ2v) is 6.54. The molecule has 2 unspecified atom stereocenters. The van der Waals surface area contributed by atoms with Gasteiger partial charge in [-0.15, -0.1) is 0 Å². The Kier molecular flexibility index (Phi) is 3.30. The first kappa shape index (κ1) is 12.4. The Balaban J connectivity index is 1.84. The van der Waals surface area contributed by atoms with E-state index in [1.807, 2.05) is 0 Å². The fourth-order valence-electron chi connectivity index (χ4n) is 2.82. The summed E-state index contributed by atoms with van der Waals surface area (Å²) in [4.78, 5) is 8.08. The van der Waals surface area contributed by atoms with Crippen LogP contribution in [-0.4, -0.2) is 35.4 Å². The number of nitrogens with zero attached hydrogens (tertiary/aromatic N) is 2. The number of aliphatic hydroxyl groups is 1. The molecular weight excluding hydrogens is 248 g/mol. The second kappa shape index (κ2) is 4.79. The van der Waals surface area contributed by atoms with Gasteiger partial charge in [0.25, 0.3) is 0 Å². The van der Waals surface area contributed by atoms with Crippen molar-refractivity contribution in [3.05, 3.63) is 10.6 Å². The van der Waals surface area contributed by atoms with Crippen molar-refractivity contribution in [3.63, 3.8) is 0 Å². The zero-order valence-corrected chi connectivity index (χ0v) is 11.7. The van der Waals surface area contributed by atoms with E-state index in [1.54, 1.807) is 11.3 Å². The Labute approximate surface area is 112 Å². The maximum atomic E-state index is 9.42. The molecule has 3 heterocycles. The van der Waals surface area contributed by atoms with Gasteiger partial charge in [0.1, 0.15) is 0 Å². The molecule has 0 spiro atoms. The molecule has 2 aliphatic heterocycles. The van der Waals surface area contributed by atoms with E-state index in [0.717, 1.165) is 28.8 Å². The average Bonchev–Trinajstić information content (AvgIpc) is 2.93. The summed E-state index contributed by atoms with van der Waals surface area (Å²) >= 11 is 1.64. The molecule has 1 N–H and O–H groups in total. The summed E-state index contributed by atoms with van der Waals surface area (Å²) in [5.41, 5.74) is 1.05. The molecule has 2 bridgehead atoms. The van der Waals surface area contributed by atoms with Crippen molar-refractivity contribution in [2.45, 2.75) is 51.4 Å². The molecule has 4 nitrogen and oxygen atoms in total. The van der Waals surface area contributed by atoms with Gasteiger partial charge in [-0.3, -0.25) is 0 Å². The molecule has 2 atom stereocenters. The molecule has 2 fully saturated rings. The van der Waals surface area contributed by atoms with E-state index in [0.29, 0.717) is 18.1 Å². The summed E-state index contributed by atoms with van der Waals surface area (Å²) in [7, 11) is 0. The van der Waals surface area contributed by atoms with E-state index >= 15 is 0 Å². The van der Waals surface area contributed by atoms with E-state index in [9.17, 15) is 5.11 Å². The molecule has 2 aliphatic rings. The lowest BCUT2D eigenvalue weighted by molar-refractivity contribution is 0.0305. The smallest absolute Gasteiger partial charge is 0.186 e. The number of thiazole rings is 1.